The van der Waals surface area contributed by atoms with Gasteiger partial charge in [-0.3, -0.25) is 10.1 Å². The highest BCUT2D eigenvalue weighted by molar-refractivity contribution is 9.11. The minimum absolute atomic E-state index is 0.00170. The van der Waals surface area contributed by atoms with Crippen LogP contribution in [0, 0.1) is 29.1 Å². The molecule has 2 N–H and O–H groups in total. The second-order valence-electron chi connectivity index (χ2n) is 7.02. The third-order valence-electron chi connectivity index (χ3n) is 4.75. The third-order valence-corrected chi connectivity index (χ3v) is 6.00. The van der Waals surface area contributed by atoms with Crippen LogP contribution < -0.4 is 15.4 Å². The lowest BCUT2D eigenvalue weighted by molar-refractivity contribution is 0.0974. The van der Waals surface area contributed by atoms with Crippen molar-refractivity contribution in [3.05, 3.63) is 73.9 Å². The van der Waals surface area contributed by atoms with E-state index in [0.29, 0.717) is 8.95 Å². The minimum atomic E-state index is -2.29. The maximum atomic E-state index is 14.1. The Hall–Kier alpha value is -3.10. The molecule has 4 aromatic rings. The van der Waals surface area contributed by atoms with Gasteiger partial charge in [0.1, 0.15) is 16.8 Å². The van der Waals surface area contributed by atoms with Crippen molar-refractivity contribution in [3.63, 3.8) is 0 Å². The number of benzene rings is 3. The van der Waals surface area contributed by atoms with Gasteiger partial charge in [0.05, 0.1) is 17.1 Å². The Bertz CT molecular complexity index is 1540. The normalized spacial score (nSPS) is 11.0. The van der Waals surface area contributed by atoms with Gasteiger partial charge >= 0.3 is 0 Å². The SMILES string of the molecule is COc1c(Br)cc(Br)cc1C(=O)NC(=S)Nc1ccc2oc(-c3c(F)c(F)c(F)c(F)c3F)nc2c1. The van der Waals surface area contributed by atoms with Crippen molar-refractivity contribution >= 4 is 71.9 Å². The van der Waals surface area contributed by atoms with Crippen molar-refractivity contribution in [2.24, 2.45) is 0 Å². The molecule has 0 saturated carbocycles. The van der Waals surface area contributed by atoms with Crippen molar-refractivity contribution in [1.29, 1.82) is 0 Å². The van der Waals surface area contributed by atoms with Crippen molar-refractivity contribution in [2.45, 2.75) is 0 Å². The lowest BCUT2D eigenvalue weighted by atomic mass is 10.1. The largest absolute Gasteiger partial charge is 0.495 e. The van der Waals surface area contributed by atoms with Gasteiger partial charge in [-0.15, -0.1) is 0 Å². The van der Waals surface area contributed by atoms with Crippen LogP contribution in [0.2, 0.25) is 0 Å². The first kappa shape index (κ1) is 26.0. The zero-order valence-corrected chi connectivity index (χ0v) is 21.6. The lowest BCUT2D eigenvalue weighted by Gasteiger charge is -2.13. The van der Waals surface area contributed by atoms with E-state index in [0.717, 1.165) is 0 Å². The molecule has 0 bridgehead atoms. The number of carbonyl (C=O) groups excluding carboxylic acids is 1. The third kappa shape index (κ3) is 4.80. The van der Waals surface area contributed by atoms with Crippen LogP contribution in [0.3, 0.4) is 0 Å². The lowest BCUT2D eigenvalue weighted by Crippen LogP contribution is -2.34. The van der Waals surface area contributed by atoms with Gasteiger partial charge < -0.3 is 14.5 Å². The number of fused-ring (bicyclic) bond motifs is 1. The maximum Gasteiger partial charge on any atom is 0.261 e. The molecule has 4 rings (SSSR count). The summed E-state index contributed by atoms with van der Waals surface area (Å²) in [5, 5.41) is 5.11. The number of nitrogens with zero attached hydrogens (tertiary/aromatic N) is 1. The molecule has 0 aliphatic heterocycles. The highest BCUT2D eigenvalue weighted by Crippen LogP contribution is 2.34. The van der Waals surface area contributed by atoms with Crippen LogP contribution in [0.1, 0.15) is 10.4 Å². The van der Waals surface area contributed by atoms with Gasteiger partial charge in [0.25, 0.3) is 5.91 Å². The number of amides is 1. The molecule has 1 amide bonds. The molecule has 3 aromatic carbocycles. The van der Waals surface area contributed by atoms with Crippen molar-refractivity contribution in [3.8, 4) is 17.2 Å². The Morgan fingerprint density at radius 2 is 1.64 bits per heavy atom. The van der Waals surface area contributed by atoms with E-state index in [-0.39, 0.29) is 33.2 Å². The smallest absolute Gasteiger partial charge is 0.261 e. The number of halogens is 7. The summed E-state index contributed by atoms with van der Waals surface area (Å²) in [6.07, 6.45) is 0. The molecule has 1 heterocycles. The van der Waals surface area contributed by atoms with Crippen molar-refractivity contribution in [2.75, 3.05) is 12.4 Å². The van der Waals surface area contributed by atoms with Crippen LogP contribution in [0.5, 0.6) is 5.75 Å². The highest BCUT2D eigenvalue weighted by atomic mass is 79.9. The molecule has 0 aliphatic carbocycles. The molecule has 0 spiro atoms. The molecule has 6 nitrogen and oxygen atoms in total. The summed E-state index contributed by atoms with van der Waals surface area (Å²) in [7, 11) is 1.40. The zero-order chi connectivity index (χ0) is 26.3. The monoisotopic (exact) mass is 649 g/mol. The summed E-state index contributed by atoms with van der Waals surface area (Å²) in [6.45, 7) is 0. The molecule has 14 heteroatoms. The predicted octanol–water partition coefficient (Wildman–Crippen LogP) is 6.85. The average molecular weight is 651 g/mol. The first-order chi connectivity index (χ1) is 17.0. The van der Waals surface area contributed by atoms with Gasteiger partial charge in [-0.25, -0.2) is 26.9 Å². The van der Waals surface area contributed by atoms with Gasteiger partial charge in [-0.05, 0) is 58.5 Å². The Morgan fingerprint density at radius 1 is 1.00 bits per heavy atom. The molecule has 0 fully saturated rings. The molecule has 1 aromatic heterocycles. The van der Waals surface area contributed by atoms with E-state index in [1.54, 1.807) is 6.07 Å². The second kappa shape index (κ2) is 10.1. The number of aromatic nitrogens is 1. The fourth-order valence-electron chi connectivity index (χ4n) is 3.17. The fourth-order valence-corrected chi connectivity index (χ4v) is 4.77. The molecule has 0 atom stereocenters. The highest BCUT2D eigenvalue weighted by Gasteiger charge is 2.29. The van der Waals surface area contributed by atoms with Gasteiger partial charge in [0, 0.05) is 10.2 Å². The number of carbonyl (C=O) groups is 1. The number of hydrogen-bond donors (Lipinski definition) is 2. The van der Waals surface area contributed by atoms with Gasteiger partial charge in [-0.2, -0.15) is 0 Å². The molecule has 0 saturated heterocycles. The fraction of sp³-hybridized carbons (Fsp3) is 0.0455. The molecular formula is C22H10Br2F5N3O3S. The van der Waals surface area contributed by atoms with E-state index in [9.17, 15) is 26.7 Å². The van der Waals surface area contributed by atoms with Crippen LogP contribution in [-0.2, 0) is 0 Å². The number of methoxy groups -OCH3 is 1. The number of thiocarbonyl (C=S) groups is 1. The first-order valence-electron chi connectivity index (χ1n) is 9.59. The Kier molecular flexibility index (Phi) is 7.29. The van der Waals surface area contributed by atoms with E-state index in [2.05, 4.69) is 47.5 Å². The van der Waals surface area contributed by atoms with E-state index in [4.69, 9.17) is 21.4 Å². The summed E-state index contributed by atoms with van der Waals surface area (Å²) in [5.74, 6) is -11.8. The van der Waals surface area contributed by atoms with Gasteiger partial charge in [0.15, 0.2) is 34.0 Å². The van der Waals surface area contributed by atoms with E-state index in [1.165, 1.54) is 31.4 Å². The standard InChI is InChI=1S/C22H10Br2F5N3O3S/c1-34-19-9(4-7(23)5-10(19)24)20(33)32-22(36)30-8-2-3-12-11(6-8)31-21(35-12)13-14(25)16(27)18(29)17(28)15(13)26/h2-6H,1H3,(H2,30,32,33,36). The summed E-state index contributed by atoms with van der Waals surface area (Å²) < 4.78 is 80.3. The Balaban J connectivity index is 1.58. The van der Waals surface area contributed by atoms with E-state index < -0.39 is 46.4 Å². The second-order valence-corrected chi connectivity index (χ2v) is 9.20. The van der Waals surface area contributed by atoms with Gasteiger partial charge in [0.2, 0.25) is 11.7 Å². The number of rotatable bonds is 4. The van der Waals surface area contributed by atoms with Crippen LogP contribution in [0.4, 0.5) is 27.6 Å². The summed E-state index contributed by atoms with van der Waals surface area (Å²) in [5.41, 5.74) is -0.812. The van der Waals surface area contributed by atoms with Crippen LogP contribution >= 0.6 is 44.1 Å². The molecule has 36 heavy (non-hydrogen) atoms. The zero-order valence-electron chi connectivity index (χ0n) is 17.6. The molecular weight excluding hydrogens is 641 g/mol. The van der Waals surface area contributed by atoms with Crippen LogP contribution in [-0.4, -0.2) is 23.1 Å². The Morgan fingerprint density at radius 3 is 2.28 bits per heavy atom. The minimum Gasteiger partial charge on any atom is -0.495 e. The average Bonchev–Trinajstić information content (AvgIpc) is 3.23. The maximum absolute atomic E-state index is 14.1. The quantitative estimate of drug-likeness (QED) is 0.109. The summed E-state index contributed by atoms with van der Waals surface area (Å²) in [6, 6.07) is 7.33. The van der Waals surface area contributed by atoms with Crippen molar-refractivity contribution in [1.82, 2.24) is 10.3 Å². The van der Waals surface area contributed by atoms with Crippen LogP contribution in [0.25, 0.3) is 22.6 Å². The summed E-state index contributed by atoms with van der Waals surface area (Å²) >= 11 is 11.8. The van der Waals surface area contributed by atoms with Gasteiger partial charge in [-0.1, -0.05) is 15.9 Å². The molecule has 0 radical (unpaired) electrons. The molecule has 0 unspecified atom stereocenters. The van der Waals surface area contributed by atoms with Crippen LogP contribution in [0.15, 0.2) is 43.7 Å². The predicted molar refractivity (Wildman–Crippen MR) is 131 cm³/mol. The number of ether oxygens (including phenoxy) is 1. The number of nitrogens with one attached hydrogen (secondary N) is 2. The molecule has 186 valence electrons. The van der Waals surface area contributed by atoms with Crippen molar-refractivity contribution < 1.29 is 35.9 Å². The topological polar surface area (TPSA) is 76.4 Å². The first-order valence-corrected chi connectivity index (χ1v) is 11.6. The number of hydrogen-bond acceptors (Lipinski definition) is 5. The van der Waals surface area contributed by atoms with E-state index >= 15 is 0 Å². The number of oxazole rings is 1. The van der Waals surface area contributed by atoms with E-state index in [1.807, 2.05) is 0 Å². The number of anilines is 1. The molecule has 0 aliphatic rings. The summed E-state index contributed by atoms with van der Waals surface area (Å²) in [4.78, 5) is 16.5. The Labute approximate surface area is 221 Å².